The predicted molar refractivity (Wildman–Crippen MR) is 113 cm³/mol. The van der Waals surface area contributed by atoms with Gasteiger partial charge in [0.2, 0.25) is 5.82 Å². The van der Waals surface area contributed by atoms with E-state index in [1.165, 1.54) is 16.9 Å². The van der Waals surface area contributed by atoms with Crippen LogP contribution in [0.5, 0.6) is 5.75 Å². The molecule has 3 N–H and O–H groups in total. The number of hydrogen-bond donors (Lipinski definition) is 3. The van der Waals surface area contributed by atoms with E-state index in [1.54, 1.807) is 19.2 Å². The molecule has 0 spiro atoms. The molecule has 0 radical (unpaired) electrons. The van der Waals surface area contributed by atoms with E-state index in [-0.39, 0.29) is 11.7 Å². The Labute approximate surface area is 188 Å². The monoisotopic (exact) mass is 462 g/mol. The highest BCUT2D eigenvalue weighted by Gasteiger charge is 2.41. The molecule has 176 valence electrons. The maximum absolute atomic E-state index is 12.6. The summed E-state index contributed by atoms with van der Waals surface area (Å²) in [4.78, 5) is 1.38. The number of hydrogen-bond acceptors (Lipinski definition) is 7. The van der Waals surface area contributed by atoms with Crippen molar-refractivity contribution in [2.24, 2.45) is 13.0 Å². The summed E-state index contributed by atoms with van der Waals surface area (Å²) in [5.74, 6) is 0.262. The number of halogens is 3. The normalized spacial score (nSPS) is 17.0. The van der Waals surface area contributed by atoms with Gasteiger partial charge in [0.1, 0.15) is 5.75 Å². The number of nitrogens with zero attached hydrogens (tertiary/aromatic N) is 4. The summed E-state index contributed by atoms with van der Waals surface area (Å²) in [7, 11) is 1.69. The van der Waals surface area contributed by atoms with E-state index in [9.17, 15) is 18.4 Å². The van der Waals surface area contributed by atoms with Gasteiger partial charge in [0, 0.05) is 5.56 Å². The van der Waals surface area contributed by atoms with Crippen LogP contribution in [0.2, 0.25) is 0 Å². The fraction of sp³-hybridized carbons (Fsp3) is 0.409. The molecular formula is C22H25F3N6O2. The van der Waals surface area contributed by atoms with Gasteiger partial charge >= 0.3 is 6.36 Å². The Hall–Kier alpha value is -3.02. The molecule has 1 fully saturated rings. The van der Waals surface area contributed by atoms with E-state index >= 15 is 0 Å². The zero-order chi connectivity index (χ0) is 23.5. The zero-order valence-electron chi connectivity index (χ0n) is 18.0. The molecule has 0 aliphatic carbocycles. The summed E-state index contributed by atoms with van der Waals surface area (Å²) in [6.45, 7) is 1.58. The Morgan fingerprint density at radius 2 is 1.76 bits per heavy atom. The molecule has 0 amide bonds. The maximum Gasteiger partial charge on any atom is 0.573 e. The van der Waals surface area contributed by atoms with Crippen molar-refractivity contribution in [3.05, 3.63) is 59.7 Å². The van der Waals surface area contributed by atoms with Crippen LogP contribution in [0.25, 0.3) is 11.4 Å². The summed E-state index contributed by atoms with van der Waals surface area (Å²) in [5.41, 5.74) is 4.09. The minimum absolute atomic E-state index is 0.0551. The largest absolute Gasteiger partial charge is 0.573 e. The lowest BCUT2D eigenvalue weighted by atomic mass is 9.70. The topological polar surface area (TPSA) is 97.1 Å². The van der Waals surface area contributed by atoms with Crippen LogP contribution in [-0.2, 0) is 19.0 Å². The van der Waals surface area contributed by atoms with Gasteiger partial charge in [-0.1, -0.05) is 36.4 Å². The van der Waals surface area contributed by atoms with Gasteiger partial charge in [0.05, 0.1) is 12.6 Å². The Bertz CT molecular complexity index is 1050. The van der Waals surface area contributed by atoms with Crippen molar-refractivity contribution in [2.75, 3.05) is 13.1 Å². The highest BCUT2D eigenvalue weighted by molar-refractivity contribution is 5.54. The smallest absolute Gasteiger partial charge is 0.406 e. The van der Waals surface area contributed by atoms with Gasteiger partial charge in [-0.15, -0.1) is 23.4 Å². The van der Waals surface area contributed by atoms with Crippen molar-refractivity contribution in [2.45, 2.75) is 31.2 Å². The first kappa shape index (κ1) is 23.1. The number of aromatic nitrogens is 4. The van der Waals surface area contributed by atoms with Gasteiger partial charge in [-0.05, 0) is 66.7 Å². The summed E-state index contributed by atoms with van der Waals surface area (Å²) in [5, 5.41) is 25.8. The second kappa shape index (κ2) is 9.46. The third-order valence-corrected chi connectivity index (χ3v) is 6.04. The number of tetrazole rings is 1. The number of aryl methyl sites for hydroxylation is 1. The highest BCUT2D eigenvalue weighted by Crippen LogP contribution is 2.39. The molecule has 11 heteroatoms. The zero-order valence-corrected chi connectivity index (χ0v) is 18.0. The molecule has 1 unspecified atom stereocenters. The maximum atomic E-state index is 12.6. The Kier molecular flexibility index (Phi) is 6.63. The van der Waals surface area contributed by atoms with E-state index < -0.39 is 11.9 Å². The van der Waals surface area contributed by atoms with Crippen LogP contribution in [0.4, 0.5) is 13.2 Å². The molecule has 1 aliphatic rings. The van der Waals surface area contributed by atoms with Crippen molar-refractivity contribution in [3.8, 4) is 17.1 Å². The van der Waals surface area contributed by atoms with E-state index in [0.29, 0.717) is 17.8 Å². The lowest BCUT2D eigenvalue weighted by molar-refractivity contribution is -0.274. The lowest BCUT2D eigenvalue weighted by Crippen LogP contribution is -2.52. The molecule has 1 atom stereocenters. The van der Waals surface area contributed by atoms with Crippen molar-refractivity contribution in [1.29, 1.82) is 0 Å². The number of benzene rings is 2. The third kappa shape index (κ3) is 5.32. The fourth-order valence-electron chi connectivity index (χ4n) is 4.44. The average molecular weight is 462 g/mol. The molecule has 2 aromatic carbocycles. The first-order chi connectivity index (χ1) is 15.8. The van der Waals surface area contributed by atoms with E-state index in [0.717, 1.165) is 37.1 Å². The molecule has 0 saturated carbocycles. The predicted octanol–water partition coefficient (Wildman–Crippen LogP) is 3.19. The molecule has 1 aliphatic heterocycles. The molecule has 4 rings (SSSR count). The van der Waals surface area contributed by atoms with Gasteiger partial charge in [-0.2, -0.15) is 10.3 Å². The van der Waals surface area contributed by atoms with Crippen molar-refractivity contribution >= 4 is 0 Å². The van der Waals surface area contributed by atoms with Crippen LogP contribution in [0, 0.1) is 5.92 Å². The Morgan fingerprint density at radius 3 is 2.30 bits per heavy atom. The SMILES string of the molecule is Cn1nnc(-c2ccc(CC(NO)(c3ccc(OC(F)(F)F)cc3)C3CCNCC3)cc2)n1. The quantitative estimate of drug-likeness (QED) is 0.464. The first-order valence-corrected chi connectivity index (χ1v) is 10.6. The van der Waals surface area contributed by atoms with Gasteiger partial charge in [-0.3, -0.25) is 0 Å². The fourth-order valence-corrected chi connectivity index (χ4v) is 4.44. The van der Waals surface area contributed by atoms with Gasteiger partial charge in [0.15, 0.2) is 0 Å². The van der Waals surface area contributed by atoms with Gasteiger partial charge < -0.3 is 15.3 Å². The third-order valence-electron chi connectivity index (χ3n) is 6.04. The molecule has 1 aromatic heterocycles. The lowest BCUT2D eigenvalue weighted by Gasteiger charge is -2.42. The summed E-state index contributed by atoms with van der Waals surface area (Å²) < 4.78 is 41.8. The molecule has 33 heavy (non-hydrogen) atoms. The number of nitrogens with one attached hydrogen (secondary N) is 2. The molecule has 2 heterocycles. The molecule has 0 bridgehead atoms. The summed E-state index contributed by atoms with van der Waals surface area (Å²) in [6, 6.07) is 13.3. The summed E-state index contributed by atoms with van der Waals surface area (Å²) in [6.07, 6.45) is -2.73. The molecular weight excluding hydrogens is 437 g/mol. The second-order valence-corrected chi connectivity index (χ2v) is 8.16. The van der Waals surface area contributed by atoms with E-state index in [2.05, 4.69) is 30.9 Å². The minimum atomic E-state index is -4.76. The highest BCUT2D eigenvalue weighted by atomic mass is 19.4. The first-order valence-electron chi connectivity index (χ1n) is 10.6. The van der Waals surface area contributed by atoms with Crippen molar-refractivity contribution in [1.82, 2.24) is 31.0 Å². The van der Waals surface area contributed by atoms with E-state index in [1.807, 2.05) is 24.3 Å². The molecule has 8 nitrogen and oxygen atoms in total. The van der Waals surface area contributed by atoms with Crippen molar-refractivity contribution < 1.29 is 23.1 Å². The van der Waals surface area contributed by atoms with Gasteiger partial charge in [-0.25, -0.2) is 0 Å². The van der Waals surface area contributed by atoms with Gasteiger partial charge in [0.25, 0.3) is 0 Å². The Balaban J connectivity index is 1.64. The summed E-state index contributed by atoms with van der Waals surface area (Å²) >= 11 is 0. The average Bonchev–Trinajstić information content (AvgIpc) is 3.24. The second-order valence-electron chi connectivity index (χ2n) is 8.16. The number of ether oxygens (including phenoxy) is 1. The number of hydroxylamine groups is 1. The van der Waals surface area contributed by atoms with Crippen LogP contribution >= 0.6 is 0 Å². The number of alkyl halides is 3. The van der Waals surface area contributed by atoms with Crippen LogP contribution in [0.3, 0.4) is 0 Å². The molecule has 3 aromatic rings. The van der Waals surface area contributed by atoms with Crippen molar-refractivity contribution in [3.63, 3.8) is 0 Å². The minimum Gasteiger partial charge on any atom is -0.406 e. The molecule has 1 saturated heterocycles. The Morgan fingerprint density at radius 1 is 1.09 bits per heavy atom. The van der Waals surface area contributed by atoms with Crippen LogP contribution in [-0.4, -0.2) is 44.9 Å². The van der Waals surface area contributed by atoms with E-state index in [4.69, 9.17) is 0 Å². The van der Waals surface area contributed by atoms with Crippen LogP contribution in [0.15, 0.2) is 48.5 Å². The number of piperidine rings is 1. The van der Waals surface area contributed by atoms with Crippen LogP contribution in [0.1, 0.15) is 24.0 Å². The standard InChI is InChI=1S/C22H25F3N6O2/c1-31-28-20(27-30-31)16-4-2-15(3-5-16)14-21(29-32,18-10-12-26-13-11-18)17-6-8-19(9-7-17)33-22(23,24)25/h2-9,18,26,29,32H,10-14H2,1H3. The van der Waals surface area contributed by atoms with Crippen LogP contribution < -0.4 is 15.5 Å². The number of rotatable bonds is 7.